The van der Waals surface area contributed by atoms with E-state index in [-0.39, 0.29) is 5.41 Å². The minimum absolute atomic E-state index is 0.306. The Morgan fingerprint density at radius 1 is 0.974 bits per heavy atom. The molecule has 1 saturated heterocycles. The predicted molar refractivity (Wildman–Crippen MR) is 159 cm³/mol. The van der Waals surface area contributed by atoms with Crippen LogP contribution in [0, 0.1) is 28.6 Å². The van der Waals surface area contributed by atoms with Gasteiger partial charge in [-0.2, -0.15) is 0 Å². The Kier molecular flexibility index (Phi) is 8.89. The molecular formula is C33H57N3O3. The summed E-state index contributed by atoms with van der Waals surface area (Å²) in [5, 5.41) is 17.0. The van der Waals surface area contributed by atoms with Gasteiger partial charge in [-0.15, -0.1) is 0 Å². The number of aliphatic hydroxyl groups is 1. The van der Waals surface area contributed by atoms with Crippen LogP contribution in [-0.4, -0.2) is 85.3 Å². The molecule has 5 aliphatic rings. The fourth-order valence-corrected chi connectivity index (χ4v) is 9.95. The van der Waals surface area contributed by atoms with Crippen LogP contribution in [0.3, 0.4) is 0 Å². The van der Waals surface area contributed by atoms with E-state index in [1.165, 1.54) is 70.9 Å². The first-order valence-corrected chi connectivity index (χ1v) is 16.2. The third-order valence-corrected chi connectivity index (χ3v) is 12.5. The standard InChI is InChI=1S/C33H57N3O3/c1-26(36-21-8-9-22-36)25-38-32(16-10-20-34-39-24-23-35(4)5)18-19-33(37)29-13-12-27-11-6-7-15-30(27,2)28(29)14-17-31(32,33)3/h10,16,20,26-29,37H,6-9,11-15,17-19,21-25H2,1-5H3/b16-10?,34-20+/t26?,27?,28-,29-,30+,31-,32?,33-/m1/s1. The van der Waals surface area contributed by atoms with Crippen molar-refractivity contribution < 1.29 is 14.7 Å². The van der Waals surface area contributed by atoms with Gasteiger partial charge in [0.15, 0.2) is 0 Å². The molecule has 1 aliphatic heterocycles. The van der Waals surface area contributed by atoms with Gasteiger partial charge in [0.1, 0.15) is 6.61 Å². The van der Waals surface area contributed by atoms with E-state index >= 15 is 0 Å². The lowest BCUT2D eigenvalue weighted by Gasteiger charge is -2.64. The van der Waals surface area contributed by atoms with Gasteiger partial charge in [0.25, 0.3) is 0 Å². The molecule has 3 unspecified atom stereocenters. The van der Waals surface area contributed by atoms with Crippen LogP contribution in [0.25, 0.3) is 0 Å². The summed E-state index contributed by atoms with van der Waals surface area (Å²) in [7, 11) is 4.07. The summed E-state index contributed by atoms with van der Waals surface area (Å²) in [5.74, 6) is 1.88. The minimum atomic E-state index is -0.679. The highest BCUT2D eigenvalue weighted by molar-refractivity contribution is 5.70. The topological polar surface area (TPSA) is 57.5 Å². The molecule has 4 saturated carbocycles. The lowest BCUT2D eigenvalue weighted by Crippen LogP contribution is -2.65. The normalized spacial score (nSPS) is 43.6. The summed E-state index contributed by atoms with van der Waals surface area (Å²) in [6.45, 7) is 11.7. The van der Waals surface area contributed by atoms with Crippen molar-refractivity contribution in [3.8, 4) is 0 Å². The first-order valence-electron chi connectivity index (χ1n) is 16.2. The van der Waals surface area contributed by atoms with Crippen molar-refractivity contribution in [2.75, 3.05) is 46.9 Å². The quantitative estimate of drug-likeness (QED) is 0.211. The molecule has 8 atom stereocenters. The van der Waals surface area contributed by atoms with Crippen molar-refractivity contribution in [2.24, 2.45) is 33.7 Å². The molecule has 222 valence electrons. The molecule has 39 heavy (non-hydrogen) atoms. The van der Waals surface area contributed by atoms with E-state index in [9.17, 15) is 5.11 Å². The number of ether oxygens (including phenoxy) is 1. The Hall–Kier alpha value is -0.950. The molecular weight excluding hydrogens is 486 g/mol. The second-order valence-corrected chi connectivity index (χ2v) is 14.6. The minimum Gasteiger partial charge on any atom is -0.394 e. The SMILES string of the molecule is CC(COC1(C=C/C=N/OCCN(C)C)CC[C@@]2(O)[C@@H]3CCC4CCCC[C@]4(C)[C@@H]3CC[C@]12C)N1CCCC1. The summed E-state index contributed by atoms with van der Waals surface area (Å²) in [6, 6.07) is 0.394. The highest BCUT2D eigenvalue weighted by Crippen LogP contribution is 2.70. The first-order chi connectivity index (χ1) is 18.7. The number of allylic oxidation sites excluding steroid dienone is 1. The van der Waals surface area contributed by atoms with Crippen molar-refractivity contribution in [1.82, 2.24) is 9.80 Å². The van der Waals surface area contributed by atoms with Crippen molar-refractivity contribution in [3.63, 3.8) is 0 Å². The van der Waals surface area contributed by atoms with Gasteiger partial charge in [0, 0.05) is 18.0 Å². The maximum Gasteiger partial charge on any atom is 0.129 e. The lowest BCUT2D eigenvalue weighted by atomic mass is 9.43. The van der Waals surface area contributed by atoms with Crippen molar-refractivity contribution >= 4 is 6.21 Å². The van der Waals surface area contributed by atoms with Crippen LogP contribution in [0.15, 0.2) is 17.3 Å². The third-order valence-electron chi connectivity index (χ3n) is 12.5. The Morgan fingerprint density at radius 2 is 1.77 bits per heavy atom. The molecule has 0 bridgehead atoms. The molecule has 0 aromatic heterocycles. The van der Waals surface area contributed by atoms with Crippen LogP contribution >= 0.6 is 0 Å². The molecule has 1 heterocycles. The Labute approximate surface area is 238 Å². The molecule has 6 nitrogen and oxygen atoms in total. The molecule has 0 radical (unpaired) electrons. The van der Waals surface area contributed by atoms with Gasteiger partial charge in [0.2, 0.25) is 0 Å². The van der Waals surface area contributed by atoms with Crippen molar-refractivity contribution in [3.05, 3.63) is 12.2 Å². The van der Waals surface area contributed by atoms with Gasteiger partial charge in [0.05, 0.1) is 24.0 Å². The monoisotopic (exact) mass is 543 g/mol. The number of likely N-dealkylation sites (N-methyl/N-ethyl adjacent to an activating group) is 1. The van der Waals surface area contributed by atoms with Gasteiger partial charge in [-0.05, 0) is 128 Å². The zero-order valence-corrected chi connectivity index (χ0v) is 25.7. The molecule has 1 N–H and O–H groups in total. The van der Waals surface area contributed by atoms with Crippen LogP contribution in [0.5, 0.6) is 0 Å². The summed E-state index contributed by atoms with van der Waals surface area (Å²) >= 11 is 0. The van der Waals surface area contributed by atoms with Gasteiger partial charge >= 0.3 is 0 Å². The summed E-state index contributed by atoms with van der Waals surface area (Å²) in [6.07, 6.45) is 20.6. The number of hydrogen-bond donors (Lipinski definition) is 1. The summed E-state index contributed by atoms with van der Waals surface area (Å²) < 4.78 is 7.08. The number of likely N-dealkylation sites (tertiary alicyclic amines) is 1. The van der Waals surface area contributed by atoms with Crippen LogP contribution in [0.4, 0.5) is 0 Å². The maximum absolute atomic E-state index is 12.8. The average Bonchev–Trinajstić information content (AvgIpc) is 3.53. The number of fused-ring (bicyclic) bond motifs is 5. The highest BCUT2D eigenvalue weighted by atomic mass is 16.6. The fraction of sp³-hybridized carbons (Fsp3) is 0.909. The third kappa shape index (κ3) is 5.26. The highest BCUT2D eigenvalue weighted by Gasteiger charge is 2.71. The van der Waals surface area contributed by atoms with E-state index in [0.29, 0.717) is 36.5 Å². The van der Waals surface area contributed by atoms with Gasteiger partial charge in [-0.25, -0.2) is 0 Å². The van der Waals surface area contributed by atoms with Gasteiger partial charge < -0.3 is 19.6 Å². The van der Waals surface area contributed by atoms with E-state index in [1.54, 1.807) is 6.21 Å². The smallest absolute Gasteiger partial charge is 0.129 e. The maximum atomic E-state index is 12.8. The second-order valence-electron chi connectivity index (χ2n) is 14.6. The second kappa shape index (κ2) is 11.7. The number of nitrogens with zero attached hydrogens (tertiary/aromatic N) is 3. The number of rotatable bonds is 10. The lowest BCUT2D eigenvalue weighted by molar-refractivity contribution is -0.234. The molecule has 5 rings (SSSR count). The number of oxime groups is 1. The zero-order valence-electron chi connectivity index (χ0n) is 25.7. The van der Waals surface area contributed by atoms with Crippen LogP contribution < -0.4 is 0 Å². The van der Waals surface area contributed by atoms with Crippen molar-refractivity contribution in [2.45, 2.75) is 115 Å². The predicted octanol–water partition coefficient (Wildman–Crippen LogP) is 5.89. The number of hydrogen-bond acceptors (Lipinski definition) is 6. The zero-order chi connectivity index (χ0) is 27.7. The van der Waals surface area contributed by atoms with E-state index in [0.717, 1.165) is 31.7 Å². The van der Waals surface area contributed by atoms with Gasteiger partial charge in [-0.3, -0.25) is 4.90 Å². The van der Waals surface area contributed by atoms with Crippen LogP contribution in [0.1, 0.15) is 97.8 Å². The average molecular weight is 544 g/mol. The van der Waals surface area contributed by atoms with Gasteiger partial charge in [-0.1, -0.05) is 37.9 Å². The molecule has 5 fully saturated rings. The van der Waals surface area contributed by atoms with E-state index in [4.69, 9.17) is 9.57 Å². The molecule has 0 spiro atoms. The Balaban J connectivity index is 1.38. The fourth-order valence-electron chi connectivity index (χ4n) is 9.95. The molecule has 4 aliphatic carbocycles. The van der Waals surface area contributed by atoms with Crippen LogP contribution in [0.2, 0.25) is 0 Å². The molecule has 0 aromatic rings. The summed E-state index contributed by atoms with van der Waals surface area (Å²) in [4.78, 5) is 10.1. The Bertz CT molecular complexity index is 887. The molecule has 0 aromatic carbocycles. The van der Waals surface area contributed by atoms with Crippen LogP contribution in [-0.2, 0) is 9.57 Å². The van der Waals surface area contributed by atoms with E-state index in [2.05, 4.69) is 41.8 Å². The molecule has 0 amide bonds. The van der Waals surface area contributed by atoms with Crippen molar-refractivity contribution in [1.29, 1.82) is 0 Å². The Morgan fingerprint density at radius 3 is 2.54 bits per heavy atom. The van der Waals surface area contributed by atoms with E-state index < -0.39 is 11.2 Å². The van der Waals surface area contributed by atoms with E-state index in [1.807, 2.05) is 20.2 Å². The summed E-state index contributed by atoms with van der Waals surface area (Å²) in [5.41, 5.74) is -1.07. The first kappa shape index (κ1) is 29.5. The molecule has 6 heteroatoms. The largest absolute Gasteiger partial charge is 0.394 e.